The number of benzene rings is 1. The molecular formula is C14H17N3O2S. The first kappa shape index (κ1) is 13.2. The van der Waals surface area contributed by atoms with Crippen LogP contribution < -0.4 is 10.6 Å². The molecule has 1 aliphatic heterocycles. The second-order valence-electron chi connectivity index (χ2n) is 5.09. The molecule has 106 valence electrons. The van der Waals surface area contributed by atoms with Crippen LogP contribution in [0.15, 0.2) is 30.6 Å². The van der Waals surface area contributed by atoms with Gasteiger partial charge in [0.2, 0.25) is 0 Å². The second-order valence-corrected chi connectivity index (χ2v) is 7.39. The first-order chi connectivity index (χ1) is 9.57. The second kappa shape index (κ2) is 4.94. The van der Waals surface area contributed by atoms with Crippen LogP contribution in [0.25, 0.3) is 10.8 Å². The van der Waals surface area contributed by atoms with Gasteiger partial charge in [-0.25, -0.2) is 8.42 Å². The maximum absolute atomic E-state index is 11.7. The van der Waals surface area contributed by atoms with Crippen molar-refractivity contribution in [3.63, 3.8) is 0 Å². The summed E-state index contributed by atoms with van der Waals surface area (Å²) in [6.45, 7) is 1.27. The molecule has 5 nitrogen and oxygen atoms in total. The fourth-order valence-electron chi connectivity index (χ4n) is 2.65. The molecule has 2 heterocycles. The Morgan fingerprint density at radius 2 is 1.95 bits per heavy atom. The minimum Gasteiger partial charge on any atom is -0.398 e. The third kappa shape index (κ3) is 2.43. The highest BCUT2D eigenvalue weighted by atomic mass is 32.2. The largest absolute Gasteiger partial charge is 0.398 e. The summed E-state index contributed by atoms with van der Waals surface area (Å²) in [5, 5.41) is 1.94. The molecule has 2 aromatic rings. The molecule has 1 aromatic heterocycles. The summed E-state index contributed by atoms with van der Waals surface area (Å²) in [5.41, 5.74) is 7.72. The van der Waals surface area contributed by atoms with E-state index in [2.05, 4.69) is 9.88 Å². The molecule has 0 spiro atoms. The lowest BCUT2D eigenvalue weighted by Gasteiger charge is -2.24. The van der Waals surface area contributed by atoms with Crippen molar-refractivity contribution in [2.75, 3.05) is 35.2 Å². The average Bonchev–Trinajstić information content (AvgIpc) is 2.61. The number of aromatic nitrogens is 1. The van der Waals surface area contributed by atoms with E-state index in [0.717, 1.165) is 23.0 Å². The van der Waals surface area contributed by atoms with Gasteiger partial charge in [0.1, 0.15) is 0 Å². The monoisotopic (exact) mass is 291 g/mol. The molecule has 0 saturated carbocycles. The quantitative estimate of drug-likeness (QED) is 0.805. The number of hydrogen-bond donors (Lipinski definition) is 1. The van der Waals surface area contributed by atoms with Gasteiger partial charge in [0.15, 0.2) is 9.84 Å². The molecular weight excluding hydrogens is 274 g/mol. The lowest BCUT2D eigenvalue weighted by molar-refractivity contribution is 0.597. The summed E-state index contributed by atoms with van der Waals surface area (Å²) >= 11 is 0. The highest BCUT2D eigenvalue weighted by Gasteiger charge is 2.20. The summed E-state index contributed by atoms with van der Waals surface area (Å²) in [6.07, 6.45) is 4.17. The van der Waals surface area contributed by atoms with E-state index < -0.39 is 9.84 Å². The third-order valence-corrected chi connectivity index (χ3v) is 5.44. The standard InChI is InChI=1S/C14H17N3O2S/c15-13-2-3-14(12-10-16-5-4-11(12)13)17-6-1-8-20(18,19)9-7-17/h2-5,10H,1,6-9,15H2. The van der Waals surface area contributed by atoms with E-state index in [1.54, 1.807) is 12.4 Å². The SMILES string of the molecule is Nc1ccc(N2CCCS(=O)(=O)CC2)c2cnccc12. The maximum Gasteiger partial charge on any atom is 0.152 e. The molecule has 2 N–H and O–H groups in total. The molecule has 6 heteroatoms. The fraction of sp³-hybridized carbons (Fsp3) is 0.357. The first-order valence-corrected chi connectivity index (χ1v) is 8.46. The molecule has 3 rings (SSSR count). The van der Waals surface area contributed by atoms with Gasteiger partial charge in [0.25, 0.3) is 0 Å². The number of sulfone groups is 1. The van der Waals surface area contributed by atoms with Gasteiger partial charge < -0.3 is 10.6 Å². The van der Waals surface area contributed by atoms with Gasteiger partial charge in [0.05, 0.1) is 11.5 Å². The smallest absolute Gasteiger partial charge is 0.152 e. The Bertz CT molecular complexity index is 743. The highest BCUT2D eigenvalue weighted by Crippen LogP contribution is 2.30. The van der Waals surface area contributed by atoms with Crippen molar-refractivity contribution in [2.24, 2.45) is 0 Å². The molecule has 0 atom stereocenters. The summed E-state index contributed by atoms with van der Waals surface area (Å²) in [6, 6.07) is 5.72. The summed E-state index contributed by atoms with van der Waals surface area (Å²) in [7, 11) is -2.90. The molecule has 0 bridgehead atoms. The van der Waals surface area contributed by atoms with Crippen molar-refractivity contribution < 1.29 is 8.42 Å². The van der Waals surface area contributed by atoms with Crippen molar-refractivity contribution in [3.8, 4) is 0 Å². The summed E-state index contributed by atoms with van der Waals surface area (Å²) in [5.74, 6) is 0.480. The number of nitrogen functional groups attached to an aromatic ring is 1. The lowest BCUT2D eigenvalue weighted by Crippen LogP contribution is -2.26. The number of anilines is 2. The molecule has 0 radical (unpaired) electrons. The summed E-state index contributed by atoms with van der Waals surface area (Å²) < 4.78 is 23.4. The predicted octanol–water partition coefficient (Wildman–Crippen LogP) is 1.44. The number of hydrogen-bond acceptors (Lipinski definition) is 5. The number of rotatable bonds is 1. The van der Waals surface area contributed by atoms with Crippen molar-refractivity contribution in [2.45, 2.75) is 6.42 Å². The number of nitrogens with zero attached hydrogens (tertiary/aromatic N) is 2. The zero-order chi connectivity index (χ0) is 14.2. The lowest BCUT2D eigenvalue weighted by atomic mass is 10.1. The van der Waals surface area contributed by atoms with Crippen LogP contribution in [-0.4, -0.2) is 38.0 Å². The predicted molar refractivity (Wildman–Crippen MR) is 81.6 cm³/mol. The van der Waals surface area contributed by atoms with Crippen molar-refractivity contribution in [1.29, 1.82) is 0 Å². The van der Waals surface area contributed by atoms with E-state index in [-0.39, 0.29) is 11.5 Å². The van der Waals surface area contributed by atoms with Gasteiger partial charge in [0, 0.05) is 47.6 Å². The minimum absolute atomic E-state index is 0.207. The number of fused-ring (bicyclic) bond motifs is 1. The van der Waals surface area contributed by atoms with Gasteiger partial charge in [-0.05, 0) is 24.6 Å². The van der Waals surface area contributed by atoms with Gasteiger partial charge in [-0.1, -0.05) is 0 Å². The molecule has 1 aromatic carbocycles. The Labute approximate surface area is 118 Å². The third-order valence-electron chi connectivity index (χ3n) is 3.73. The van der Waals surface area contributed by atoms with Crippen LogP contribution >= 0.6 is 0 Å². The Hall–Kier alpha value is -1.82. The van der Waals surface area contributed by atoms with E-state index in [9.17, 15) is 8.42 Å². The fourth-order valence-corrected chi connectivity index (χ4v) is 3.93. The van der Waals surface area contributed by atoms with Gasteiger partial charge in [-0.3, -0.25) is 4.98 Å². The Balaban J connectivity index is 2.04. The van der Waals surface area contributed by atoms with Gasteiger partial charge in [-0.2, -0.15) is 0 Å². The zero-order valence-electron chi connectivity index (χ0n) is 11.1. The van der Waals surface area contributed by atoms with E-state index in [1.165, 1.54) is 0 Å². The first-order valence-electron chi connectivity index (χ1n) is 6.64. The highest BCUT2D eigenvalue weighted by molar-refractivity contribution is 7.91. The zero-order valence-corrected chi connectivity index (χ0v) is 11.9. The Kier molecular flexibility index (Phi) is 3.25. The van der Waals surface area contributed by atoms with Gasteiger partial charge in [-0.15, -0.1) is 0 Å². The van der Waals surface area contributed by atoms with Crippen LogP contribution in [0, 0.1) is 0 Å². The van der Waals surface area contributed by atoms with E-state index in [1.807, 2.05) is 18.2 Å². The molecule has 20 heavy (non-hydrogen) atoms. The van der Waals surface area contributed by atoms with Crippen LogP contribution in [-0.2, 0) is 9.84 Å². The van der Waals surface area contributed by atoms with E-state index >= 15 is 0 Å². The average molecular weight is 291 g/mol. The van der Waals surface area contributed by atoms with E-state index in [0.29, 0.717) is 18.7 Å². The van der Waals surface area contributed by atoms with Crippen LogP contribution in [0.4, 0.5) is 11.4 Å². The minimum atomic E-state index is -2.90. The van der Waals surface area contributed by atoms with Gasteiger partial charge >= 0.3 is 0 Å². The number of nitrogens with two attached hydrogens (primary N) is 1. The van der Waals surface area contributed by atoms with E-state index in [4.69, 9.17) is 5.73 Å². The maximum atomic E-state index is 11.7. The molecule has 1 fully saturated rings. The van der Waals surface area contributed by atoms with Crippen molar-refractivity contribution >= 4 is 32.0 Å². The number of pyridine rings is 1. The van der Waals surface area contributed by atoms with Crippen LogP contribution in [0.5, 0.6) is 0 Å². The Morgan fingerprint density at radius 1 is 1.10 bits per heavy atom. The van der Waals surface area contributed by atoms with Crippen molar-refractivity contribution in [3.05, 3.63) is 30.6 Å². The molecule has 1 saturated heterocycles. The van der Waals surface area contributed by atoms with Crippen LogP contribution in [0.2, 0.25) is 0 Å². The Morgan fingerprint density at radius 3 is 2.80 bits per heavy atom. The van der Waals surface area contributed by atoms with Crippen LogP contribution in [0.1, 0.15) is 6.42 Å². The normalized spacial score (nSPS) is 18.9. The summed E-state index contributed by atoms with van der Waals surface area (Å²) in [4.78, 5) is 6.28. The molecule has 1 aliphatic rings. The molecule has 0 aliphatic carbocycles. The molecule has 0 amide bonds. The molecule has 0 unspecified atom stereocenters. The van der Waals surface area contributed by atoms with Crippen LogP contribution in [0.3, 0.4) is 0 Å². The van der Waals surface area contributed by atoms with Crippen molar-refractivity contribution in [1.82, 2.24) is 4.98 Å². The topological polar surface area (TPSA) is 76.3 Å².